The highest BCUT2D eigenvalue weighted by Gasteiger charge is 2.35. The van der Waals surface area contributed by atoms with Crippen LogP contribution in [0, 0.1) is 12.3 Å². The molecule has 1 rings (SSSR count). The molecular formula is C12H18N2O3S. The van der Waals surface area contributed by atoms with E-state index >= 15 is 0 Å². The van der Waals surface area contributed by atoms with E-state index in [0.29, 0.717) is 23.4 Å². The molecule has 0 spiro atoms. The Hall–Kier alpha value is -1.43. The van der Waals surface area contributed by atoms with Gasteiger partial charge in [0.25, 0.3) is 5.91 Å². The summed E-state index contributed by atoms with van der Waals surface area (Å²) in [6.45, 7) is 5.55. The summed E-state index contributed by atoms with van der Waals surface area (Å²) < 4.78 is 0. The highest BCUT2D eigenvalue weighted by atomic mass is 32.1. The lowest BCUT2D eigenvalue weighted by Crippen LogP contribution is -2.42. The predicted molar refractivity (Wildman–Crippen MR) is 69.8 cm³/mol. The van der Waals surface area contributed by atoms with Crippen LogP contribution >= 0.6 is 11.3 Å². The third kappa shape index (κ3) is 2.87. The Morgan fingerprint density at radius 3 is 2.44 bits per heavy atom. The average molecular weight is 270 g/mol. The van der Waals surface area contributed by atoms with Gasteiger partial charge in [-0.15, -0.1) is 11.3 Å². The van der Waals surface area contributed by atoms with Crippen molar-refractivity contribution in [2.45, 2.75) is 33.6 Å². The third-order valence-corrected chi connectivity index (χ3v) is 4.27. The maximum Gasteiger partial charge on any atom is 0.311 e. The molecule has 5 nitrogen and oxygen atoms in total. The molecule has 0 aliphatic carbocycles. The number of carbonyl (C=O) groups is 2. The van der Waals surface area contributed by atoms with Crippen LogP contribution in [0.2, 0.25) is 0 Å². The SMILES string of the molecule is CCC(CC)(CNC(=O)c1scnc1C)C(=O)O. The number of amides is 1. The van der Waals surface area contributed by atoms with Crippen molar-refractivity contribution in [2.75, 3.05) is 6.54 Å². The van der Waals surface area contributed by atoms with Gasteiger partial charge in [-0.05, 0) is 19.8 Å². The maximum atomic E-state index is 11.9. The van der Waals surface area contributed by atoms with Crippen LogP contribution < -0.4 is 5.32 Å². The van der Waals surface area contributed by atoms with Crippen molar-refractivity contribution in [3.05, 3.63) is 16.1 Å². The van der Waals surface area contributed by atoms with Crippen LogP contribution in [-0.2, 0) is 4.79 Å². The van der Waals surface area contributed by atoms with Crippen molar-refractivity contribution in [3.63, 3.8) is 0 Å². The third-order valence-electron chi connectivity index (χ3n) is 3.35. The number of aryl methyl sites for hydroxylation is 1. The van der Waals surface area contributed by atoms with Crippen LogP contribution in [-0.4, -0.2) is 28.5 Å². The summed E-state index contributed by atoms with van der Waals surface area (Å²) in [6.07, 6.45) is 0.974. The highest BCUT2D eigenvalue weighted by Crippen LogP contribution is 2.26. The van der Waals surface area contributed by atoms with E-state index < -0.39 is 11.4 Å². The normalized spacial score (nSPS) is 11.3. The fourth-order valence-electron chi connectivity index (χ4n) is 1.73. The molecule has 0 aromatic carbocycles. The minimum atomic E-state index is -0.881. The van der Waals surface area contributed by atoms with E-state index in [9.17, 15) is 14.7 Å². The van der Waals surface area contributed by atoms with E-state index in [1.807, 2.05) is 13.8 Å². The van der Waals surface area contributed by atoms with Gasteiger partial charge in [-0.1, -0.05) is 13.8 Å². The Balaban J connectivity index is 2.72. The number of thiazole rings is 1. The van der Waals surface area contributed by atoms with Crippen molar-refractivity contribution in [2.24, 2.45) is 5.41 Å². The van der Waals surface area contributed by atoms with Gasteiger partial charge in [0, 0.05) is 6.54 Å². The van der Waals surface area contributed by atoms with Crippen LogP contribution in [0.3, 0.4) is 0 Å². The molecule has 0 radical (unpaired) electrons. The van der Waals surface area contributed by atoms with Gasteiger partial charge in [0.15, 0.2) is 0 Å². The van der Waals surface area contributed by atoms with Crippen LogP contribution in [0.15, 0.2) is 5.51 Å². The van der Waals surface area contributed by atoms with E-state index in [4.69, 9.17) is 0 Å². The van der Waals surface area contributed by atoms with E-state index in [1.54, 1.807) is 12.4 Å². The molecule has 0 aliphatic rings. The fraction of sp³-hybridized carbons (Fsp3) is 0.583. The van der Waals surface area contributed by atoms with Crippen LogP contribution in [0.5, 0.6) is 0 Å². The van der Waals surface area contributed by atoms with Gasteiger partial charge in [0.2, 0.25) is 0 Å². The van der Waals surface area contributed by atoms with Gasteiger partial charge >= 0.3 is 5.97 Å². The number of carbonyl (C=O) groups excluding carboxylic acids is 1. The van der Waals surface area contributed by atoms with E-state index in [1.165, 1.54) is 11.3 Å². The van der Waals surface area contributed by atoms with Gasteiger partial charge < -0.3 is 10.4 Å². The van der Waals surface area contributed by atoms with Gasteiger partial charge in [-0.25, -0.2) is 4.98 Å². The summed E-state index contributed by atoms with van der Waals surface area (Å²) in [5.74, 6) is -1.11. The minimum Gasteiger partial charge on any atom is -0.481 e. The second-order valence-electron chi connectivity index (χ2n) is 4.24. The molecule has 0 fully saturated rings. The zero-order valence-electron chi connectivity index (χ0n) is 10.8. The van der Waals surface area contributed by atoms with Crippen molar-refractivity contribution >= 4 is 23.2 Å². The number of hydrogen-bond donors (Lipinski definition) is 2. The second kappa shape index (κ2) is 5.95. The van der Waals surface area contributed by atoms with Crippen LogP contribution in [0.1, 0.15) is 42.1 Å². The molecule has 6 heteroatoms. The summed E-state index contributed by atoms with van der Waals surface area (Å²) in [7, 11) is 0. The molecule has 1 aromatic heterocycles. The van der Waals surface area contributed by atoms with Crippen LogP contribution in [0.4, 0.5) is 0 Å². The van der Waals surface area contributed by atoms with Crippen molar-refractivity contribution < 1.29 is 14.7 Å². The summed E-state index contributed by atoms with van der Waals surface area (Å²) in [6, 6.07) is 0. The second-order valence-corrected chi connectivity index (χ2v) is 5.10. The van der Waals surface area contributed by atoms with Crippen molar-refractivity contribution in [1.29, 1.82) is 0 Å². The Labute approximate surface area is 110 Å². The molecule has 1 heterocycles. The Bertz CT molecular complexity index is 438. The number of nitrogens with one attached hydrogen (secondary N) is 1. The zero-order valence-corrected chi connectivity index (χ0v) is 11.6. The molecule has 0 atom stereocenters. The zero-order chi connectivity index (χ0) is 13.8. The van der Waals surface area contributed by atoms with Gasteiger partial charge in [0.1, 0.15) is 4.88 Å². The number of rotatable bonds is 6. The predicted octanol–water partition coefficient (Wildman–Crippen LogP) is 2.07. The van der Waals surface area contributed by atoms with Gasteiger partial charge in [-0.3, -0.25) is 9.59 Å². The number of nitrogens with zero attached hydrogens (tertiary/aromatic N) is 1. The number of aliphatic carboxylic acids is 1. The van der Waals surface area contributed by atoms with E-state index in [-0.39, 0.29) is 12.5 Å². The van der Waals surface area contributed by atoms with Crippen molar-refractivity contribution in [3.8, 4) is 0 Å². The number of aromatic nitrogens is 1. The quantitative estimate of drug-likeness (QED) is 0.829. The molecule has 1 amide bonds. The number of carboxylic acids is 1. The Morgan fingerprint density at radius 2 is 2.06 bits per heavy atom. The average Bonchev–Trinajstić information content (AvgIpc) is 2.77. The Kier molecular flexibility index (Phi) is 4.84. The largest absolute Gasteiger partial charge is 0.481 e. The highest BCUT2D eigenvalue weighted by molar-refractivity contribution is 7.11. The molecule has 0 saturated heterocycles. The summed E-state index contributed by atoms with van der Waals surface area (Å²) in [5.41, 5.74) is 1.40. The topological polar surface area (TPSA) is 79.3 Å². The lowest BCUT2D eigenvalue weighted by molar-refractivity contribution is -0.149. The summed E-state index contributed by atoms with van der Waals surface area (Å²) >= 11 is 1.26. The van der Waals surface area contributed by atoms with E-state index in [0.717, 1.165) is 0 Å². The van der Waals surface area contributed by atoms with Crippen LogP contribution in [0.25, 0.3) is 0 Å². The summed E-state index contributed by atoms with van der Waals surface area (Å²) in [5, 5.41) is 12.0. The van der Waals surface area contributed by atoms with Gasteiger partial charge in [0.05, 0.1) is 16.6 Å². The van der Waals surface area contributed by atoms with E-state index in [2.05, 4.69) is 10.3 Å². The molecular weight excluding hydrogens is 252 g/mol. The standard InChI is InChI=1S/C12H18N2O3S/c1-4-12(5-2,11(16)17)6-13-10(15)9-8(3)14-7-18-9/h7H,4-6H2,1-3H3,(H,13,15)(H,16,17). The smallest absolute Gasteiger partial charge is 0.311 e. The first kappa shape index (κ1) is 14.6. The maximum absolute atomic E-state index is 11.9. The first-order chi connectivity index (χ1) is 8.46. The fourth-order valence-corrected chi connectivity index (χ4v) is 2.45. The number of carboxylic acid groups (broad SMARTS) is 1. The molecule has 2 N–H and O–H groups in total. The first-order valence-electron chi connectivity index (χ1n) is 5.88. The molecule has 0 aliphatic heterocycles. The minimum absolute atomic E-state index is 0.144. The Morgan fingerprint density at radius 1 is 1.44 bits per heavy atom. The van der Waals surface area contributed by atoms with Gasteiger partial charge in [-0.2, -0.15) is 0 Å². The molecule has 0 unspecified atom stereocenters. The number of hydrogen-bond acceptors (Lipinski definition) is 4. The molecule has 1 aromatic rings. The lowest BCUT2D eigenvalue weighted by atomic mass is 9.82. The monoisotopic (exact) mass is 270 g/mol. The molecule has 0 bridgehead atoms. The molecule has 18 heavy (non-hydrogen) atoms. The summed E-state index contributed by atoms with van der Waals surface area (Å²) in [4.78, 5) is 27.7. The lowest BCUT2D eigenvalue weighted by Gasteiger charge is -2.26. The molecule has 0 saturated carbocycles. The first-order valence-corrected chi connectivity index (χ1v) is 6.76. The molecule has 100 valence electrons. The van der Waals surface area contributed by atoms with Crippen molar-refractivity contribution in [1.82, 2.24) is 10.3 Å².